The van der Waals surface area contributed by atoms with Crippen LogP contribution in [0.1, 0.15) is 52.7 Å². The largest absolute Gasteiger partial charge is 0.497 e. The summed E-state index contributed by atoms with van der Waals surface area (Å²) in [6, 6.07) is 14.4. The van der Waals surface area contributed by atoms with E-state index in [1.54, 1.807) is 14.2 Å². The highest BCUT2D eigenvalue weighted by Crippen LogP contribution is 2.35. The average molecular weight is 431 g/mol. The van der Waals surface area contributed by atoms with Gasteiger partial charge in [-0.25, -0.2) is 4.98 Å². The number of aromatic nitrogens is 2. The summed E-state index contributed by atoms with van der Waals surface area (Å²) in [6.07, 6.45) is 5.79. The Hall–Kier alpha value is -3.14. The van der Waals surface area contributed by atoms with Crippen molar-refractivity contribution in [1.82, 2.24) is 9.97 Å². The molecule has 2 heterocycles. The molecular formula is C28H34N2O2. The fourth-order valence-corrected chi connectivity index (χ4v) is 3.80. The molecule has 0 aliphatic heterocycles. The van der Waals surface area contributed by atoms with Crippen molar-refractivity contribution in [3.05, 3.63) is 72.2 Å². The van der Waals surface area contributed by atoms with E-state index in [0.29, 0.717) is 5.88 Å². The van der Waals surface area contributed by atoms with Crippen LogP contribution >= 0.6 is 0 Å². The van der Waals surface area contributed by atoms with E-state index in [9.17, 15) is 0 Å². The van der Waals surface area contributed by atoms with Gasteiger partial charge in [-0.15, -0.1) is 0 Å². The van der Waals surface area contributed by atoms with Crippen LogP contribution in [0.25, 0.3) is 21.5 Å². The zero-order valence-corrected chi connectivity index (χ0v) is 20.5. The molecule has 0 unspecified atom stereocenters. The Labute approximate surface area is 191 Å². The van der Waals surface area contributed by atoms with Crippen molar-refractivity contribution in [2.45, 2.75) is 52.4 Å². The number of ether oxygens (including phenoxy) is 2. The fourth-order valence-electron chi connectivity index (χ4n) is 3.80. The highest BCUT2D eigenvalue weighted by molar-refractivity contribution is 5.91. The first-order valence-electron chi connectivity index (χ1n) is 10.9. The molecule has 0 saturated heterocycles. The smallest absolute Gasteiger partial charge is 0.221 e. The molecule has 0 fully saturated rings. The summed E-state index contributed by atoms with van der Waals surface area (Å²) in [5.74, 6) is 1.45. The van der Waals surface area contributed by atoms with Gasteiger partial charge in [-0.05, 0) is 44.9 Å². The van der Waals surface area contributed by atoms with E-state index in [1.807, 2.05) is 30.7 Å². The third-order valence-corrected chi connectivity index (χ3v) is 5.54. The topological polar surface area (TPSA) is 44.2 Å². The molecule has 2 aromatic carbocycles. The Morgan fingerprint density at radius 2 is 1.31 bits per heavy atom. The van der Waals surface area contributed by atoms with Crippen LogP contribution < -0.4 is 9.47 Å². The summed E-state index contributed by atoms with van der Waals surface area (Å²) in [6.45, 7) is 13.2. The molecule has 2 aromatic heterocycles. The third kappa shape index (κ3) is 5.01. The molecule has 0 aliphatic rings. The zero-order valence-electron chi connectivity index (χ0n) is 20.5. The van der Waals surface area contributed by atoms with E-state index in [2.05, 4.69) is 81.8 Å². The van der Waals surface area contributed by atoms with Crippen LogP contribution in [0.4, 0.5) is 0 Å². The second-order valence-electron chi connectivity index (χ2n) is 10.0. The van der Waals surface area contributed by atoms with Gasteiger partial charge in [0.05, 0.1) is 14.2 Å². The SMILES string of the molecule is CC(C)(C)c1cncc2ccccc12.COc1ccc2c(C(C)(C)C)cnc(OC)c2c1. The molecule has 4 nitrogen and oxygen atoms in total. The molecule has 0 radical (unpaired) electrons. The predicted molar refractivity (Wildman–Crippen MR) is 134 cm³/mol. The van der Waals surface area contributed by atoms with Crippen molar-refractivity contribution in [2.75, 3.05) is 14.2 Å². The minimum atomic E-state index is 0.0477. The van der Waals surface area contributed by atoms with Gasteiger partial charge in [-0.3, -0.25) is 4.98 Å². The van der Waals surface area contributed by atoms with E-state index in [0.717, 1.165) is 16.5 Å². The van der Waals surface area contributed by atoms with Crippen molar-refractivity contribution in [3.63, 3.8) is 0 Å². The molecule has 0 N–H and O–H groups in total. The monoisotopic (exact) mass is 430 g/mol. The molecule has 0 amide bonds. The van der Waals surface area contributed by atoms with Gasteiger partial charge in [0.2, 0.25) is 5.88 Å². The summed E-state index contributed by atoms with van der Waals surface area (Å²) in [4.78, 5) is 8.67. The average Bonchev–Trinajstić information content (AvgIpc) is 2.76. The lowest BCUT2D eigenvalue weighted by molar-refractivity contribution is 0.400. The number of rotatable bonds is 2. The van der Waals surface area contributed by atoms with Crippen molar-refractivity contribution in [2.24, 2.45) is 0 Å². The normalized spacial score (nSPS) is 11.8. The van der Waals surface area contributed by atoms with Gasteiger partial charge in [-0.1, -0.05) is 71.9 Å². The molecule has 4 aromatic rings. The highest BCUT2D eigenvalue weighted by Gasteiger charge is 2.19. The Balaban J connectivity index is 0.000000186. The second-order valence-corrected chi connectivity index (χ2v) is 10.0. The number of nitrogens with zero attached hydrogens (tertiary/aromatic N) is 2. The second kappa shape index (κ2) is 9.15. The maximum absolute atomic E-state index is 5.33. The minimum Gasteiger partial charge on any atom is -0.497 e. The van der Waals surface area contributed by atoms with Gasteiger partial charge in [0.1, 0.15) is 5.75 Å². The van der Waals surface area contributed by atoms with Crippen LogP contribution in [0.15, 0.2) is 61.1 Å². The third-order valence-electron chi connectivity index (χ3n) is 5.54. The van der Waals surface area contributed by atoms with Crippen LogP contribution in [0.2, 0.25) is 0 Å². The molecule has 0 spiro atoms. The molecule has 168 valence electrons. The standard InChI is InChI=1S/C15H19NO2.C13H15N/c1-15(2,3)13-9-16-14(18-5)12-8-10(17-4)6-7-11(12)13;1-13(2,3)12-9-14-8-10-6-4-5-7-11(10)12/h6-9H,1-5H3;4-9H,1-3H3. The number of methoxy groups -OCH3 is 2. The van der Waals surface area contributed by atoms with Gasteiger partial charge in [0.25, 0.3) is 0 Å². The van der Waals surface area contributed by atoms with Crippen LogP contribution in [0.3, 0.4) is 0 Å². The maximum Gasteiger partial charge on any atom is 0.221 e. The van der Waals surface area contributed by atoms with E-state index in [1.165, 1.54) is 21.9 Å². The number of hydrogen-bond donors (Lipinski definition) is 0. The molecule has 32 heavy (non-hydrogen) atoms. The predicted octanol–water partition coefficient (Wildman–Crippen LogP) is 7.08. The van der Waals surface area contributed by atoms with Crippen LogP contribution in [0.5, 0.6) is 11.6 Å². The first-order valence-corrected chi connectivity index (χ1v) is 10.9. The fraction of sp³-hybridized carbons (Fsp3) is 0.357. The summed E-state index contributed by atoms with van der Waals surface area (Å²) in [5, 5.41) is 4.69. The molecule has 0 aliphatic carbocycles. The molecule has 0 atom stereocenters. The van der Waals surface area contributed by atoms with Gasteiger partial charge in [-0.2, -0.15) is 0 Å². The minimum absolute atomic E-state index is 0.0477. The van der Waals surface area contributed by atoms with Crippen LogP contribution in [-0.4, -0.2) is 24.2 Å². The van der Waals surface area contributed by atoms with Crippen molar-refractivity contribution in [3.8, 4) is 11.6 Å². The molecule has 0 saturated carbocycles. The molecule has 4 heteroatoms. The van der Waals surface area contributed by atoms with Crippen molar-refractivity contribution >= 4 is 21.5 Å². The molecular weight excluding hydrogens is 396 g/mol. The lowest BCUT2D eigenvalue weighted by atomic mass is 9.85. The number of pyridine rings is 2. The highest BCUT2D eigenvalue weighted by atomic mass is 16.5. The van der Waals surface area contributed by atoms with Gasteiger partial charge in [0, 0.05) is 29.4 Å². The van der Waals surface area contributed by atoms with Gasteiger partial charge >= 0.3 is 0 Å². The summed E-state index contributed by atoms with van der Waals surface area (Å²) < 4.78 is 10.6. The van der Waals surface area contributed by atoms with Crippen molar-refractivity contribution < 1.29 is 9.47 Å². The number of hydrogen-bond acceptors (Lipinski definition) is 4. The lowest BCUT2D eigenvalue weighted by Gasteiger charge is -2.21. The van der Waals surface area contributed by atoms with Crippen LogP contribution in [-0.2, 0) is 10.8 Å². The number of benzene rings is 2. The van der Waals surface area contributed by atoms with E-state index < -0.39 is 0 Å². The zero-order chi connectivity index (χ0) is 23.5. The summed E-state index contributed by atoms with van der Waals surface area (Å²) in [5.41, 5.74) is 2.73. The van der Waals surface area contributed by atoms with Gasteiger partial charge in [0.15, 0.2) is 0 Å². The summed E-state index contributed by atoms with van der Waals surface area (Å²) >= 11 is 0. The van der Waals surface area contributed by atoms with E-state index in [-0.39, 0.29) is 10.8 Å². The Bertz CT molecular complexity index is 1210. The lowest BCUT2D eigenvalue weighted by Crippen LogP contribution is -2.12. The van der Waals surface area contributed by atoms with E-state index in [4.69, 9.17) is 9.47 Å². The maximum atomic E-state index is 5.33. The molecule has 4 rings (SSSR count). The Kier molecular flexibility index (Phi) is 6.73. The Morgan fingerprint density at radius 1 is 0.656 bits per heavy atom. The quantitative estimate of drug-likeness (QED) is 0.341. The summed E-state index contributed by atoms with van der Waals surface area (Å²) in [7, 11) is 3.30. The first kappa shape index (κ1) is 23.5. The molecule has 0 bridgehead atoms. The van der Waals surface area contributed by atoms with E-state index >= 15 is 0 Å². The number of fused-ring (bicyclic) bond motifs is 2. The first-order chi connectivity index (χ1) is 15.1. The van der Waals surface area contributed by atoms with Crippen molar-refractivity contribution in [1.29, 1.82) is 0 Å². The Morgan fingerprint density at radius 3 is 1.94 bits per heavy atom. The van der Waals surface area contributed by atoms with Gasteiger partial charge < -0.3 is 9.47 Å². The van der Waals surface area contributed by atoms with Crippen LogP contribution in [0, 0.1) is 0 Å².